The second-order valence-electron chi connectivity index (χ2n) is 9.55. The fourth-order valence-corrected chi connectivity index (χ4v) is 4.67. The normalized spacial score (nSPS) is 21.9. The summed E-state index contributed by atoms with van der Waals surface area (Å²) in [6.07, 6.45) is 9.47. The van der Waals surface area contributed by atoms with Gasteiger partial charge in [-0.3, -0.25) is 9.80 Å². The van der Waals surface area contributed by atoms with Gasteiger partial charge in [-0.1, -0.05) is 25.3 Å². The first-order valence-corrected chi connectivity index (χ1v) is 11.0. The van der Waals surface area contributed by atoms with Crippen molar-refractivity contribution in [3.05, 3.63) is 23.9 Å². The predicted molar refractivity (Wildman–Crippen MR) is 114 cm³/mol. The van der Waals surface area contributed by atoms with Crippen molar-refractivity contribution in [2.45, 2.75) is 103 Å². The molecule has 1 aliphatic carbocycles. The maximum atomic E-state index is 13.3. The molecule has 5 heteroatoms. The average Bonchev–Trinajstić information content (AvgIpc) is 3.12. The van der Waals surface area contributed by atoms with Crippen LogP contribution < -0.4 is 4.90 Å². The molecular formula is C23H37N3O2. The second-order valence-corrected chi connectivity index (χ2v) is 9.55. The molecule has 1 amide bonds. The quantitative estimate of drug-likeness (QED) is 0.665. The Labute approximate surface area is 170 Å². The largest absolute Gasteiger partial charge is 0.443 e. The molecule has 0 bridgehead atoms. The van der Waals surface area contributed by atoms with Gasteiger partial charge in [0.05, 0.1) is 0 Å². The van der Waals surface area contributed by atoms with E-state index < -0.39 is 5.60 Å². The highest BCUT2D eigenvalue weighted by Gasteiger charge is 2.36. The Morgan fingerprint density at radius 2 is 1.89 bits per heavy atom. The van der Waals surface area contributed by atoms with Crippen molar-refractivity contribution in [2.24, 2.45) is 0 Å². The van der Waals surface area contributed by atoms with E-state index in [-0.39, 0.29) is 12.1 Å². The number of nitrogens with zero attached hydrogens (tertiary/aromatic N) is 3. The molecule has 1 atom stereocenters. The minimum absolute atomic E-state index is 0.172. The van der Waals surface area contributed by atoms with Crippen molar-refractivity contribution in [1.82, 2.24) is 9.88 Å². The zero-order valence-electron chi connectivity index (χ0n) is 18.3. The van der Waals surface area contributed by atoms with Crippen LogP contribution in [0.2, 0.25) is 0 Å². The minimum Gasteiger partial charge on any atom is -0.443 e. The van der Waals surface area contributed by atoms with E-state index in [0.717, 1.165) is 44.5 Å². The number of rotatable bonds is 4. The molecule has 0 N–H and O–H groups in total. The van der Waals surface area contributed by atoms with Gasteiger partial charge in [-0.2, -0.15) is 0 Å². The number of pyridine rings is 1. The first-order chi connectivity index (χ1) is 13.3. The number of likely N-dealkylation sites (tertiary alicyclic amines) is 1. The topological polar surface area (TPSA) is 45.7 Å². The third-order valence-corrected chi connectivity index (χ3v) is 5.89. The lowest BCUT2D eigenvalue weighted by molar-refractivity contribution is 0.0555. The summed E-state index contributed by atoms with van der Waals surface area (Å²) in [5.41, 5.74) is 0.654. The molecule has 28 heavy (non-hydrogen) atoms. The first kappa shape index (κ1) is 21.1. The molecule has 156 valence electrons. The molecule has 0 spiro atoms. The zero-order chi connectivity index (χ0) is 20.3. The third kappa shape index (κ3) is 4.86. The third-order valence-electron chi connectivity index (χ3n) is 5.89. The molecule has 1 aromatic rings. The van der Waals surface area contributed by atoms with Crippen molar-refractivity contribution >= 4 is 11.9 Å². The van der Waals surface area contributed by atoms with Crippen LogP contribution in [0.5, 0.6) is 0 Å². The SMILES string of the molecule is CC(C)N1CCCC1c1cccnc1N(C(=O)OC(C)(C)C)C1CCCCC1. The Kier molecular flexibility index (Phi) is 6.64. The number of hydrogen-bond acceptors (Lipinski definition) is 4. The van der Waals surface area contributed by atoms with Gasteiger partial charge in [0.1, 0.15) is 11.4 Å². The monoisotopic (exact) mass is 387 g/mol. The molecule has 2 heterocycles. The van der Waals surface area contributed by atoms with Gasteiger partial charge in [-0.15, -0.1) is 0 Å². The van der Waals surface area contributed by atoms with Crippen molar-refractivity contribution in [3.63, 3.8) is 0 Å². The summed E-state index contributed by atoms with van der Waals surface area (Å²) in [5, 5.41) is 0. The van der Waals surface area contributed by atoms with Gasteiger partial charge < -0.3 is 4.74 Å². The molecule has 1 saturated heterocycles. The number of amides is 1. The Bertz CT molecular complexity index is 662. The lowest BCUT2D eigenvalue weighted by atomic mass is 9.93. The van der Waals surface area contributed by atoms with E-state index in [1.54, 1.807) is 0 Å². The van der Waals surface area contributed by atoms with E-state index in [2.05, 4.69) is 24.8 Å². The molecule has 0 radical (unpaired) electrons. The van der Waals surface area contributed by atoms with E-state index in [1.807, 2.05) is 37.9 Å². The van der Waals surface area contributed by atoms with Gasteiger partial charge in [0.15, 0.2) is 0 Å². The summed E-state index contributed by atoms with van der Waals surface area (Å²) in [4.78, 5) is 22.5. The van der Waals surface area contributed by atoms with Crippen LogP contribution in [0.3, 0.4) is 0 Å². The van der Waals surface area contributed by atoms with E-state index in [9.17, 15) is 4.79 Å². The molecule has 5 nitrogen and oxygen atoms in total. The number of carbonyl (C=O) groups is 1. The minimum atomic E-state index is -0.518. The van der Waals surface area contributed by atoms with E-state index >= 15 is 0 Å². The molecule has 1 saturated carbocycles. The summed E-state index contributed by atoms with van der Waals surface area (Å²) in [6, 6.07) is 5.13. The van der Waals surface area contributed by atoms with Crippen LogP contribution in [0, 0.1) is 0 Å². The number of carbonyl (C=O) groups excluding carboxylic acids is 1. The highest BCUT2D eigenvalue weighted by Crippen LogP contribution is 2.39. The summed E-state index contributed by atoms with van der Waals surface area (Å²) < 4.78 is 5.83. The fraction of sp³-hybridized carbons (Fsp3) is 0.739. The highest BCUT2D eigenvalue weighted by molar-refractivity contribution is 5.88. The van der Waals surface area contributed by atoms with E-state index in [0.29, 0.717) is 12.1 Å². The van der Waals surface area contributed by atoms with Crippen molar-refractivity contribution in [1.29, 1.82) is 0 Å². The average molecular weight is 388 g/mol. The number of anilines is 1. The number of hydrogen-bond donors (Lipinski definition) is 0. The number of ether oxygens (including phenoxy) is 1. The van der Waals surface area contributed by atoms with Crippen LogP contribution in [0.1, 0.15) is 91.2 Å². The summed E-state index contributed by atoms with van der Waals surface area (Å²) in [7, 11) is 0. The lowest BCUT2D eigenvalue weighted by Crippen LogP contribution is -2.46. The summed E-state index contributed by atoms with van der Waals surface area (Å²) >= 11 is 0. The fourth-order valence-electron chi connectivity index (χ4n) is 4.67. The molecule has 1 unspecified atom stereocenters. The van der Waals surface area contributed by atoms with Crippen LogP contribution in [-0.4, -0.2) is 40.2 Å². The number of aromatic nitrogens is 1. The molecular weight excluding hydrogens is 350 g/mol. The van der Waals surface area contributed by atoms with Crippen LogP contribution >= 0.6 is 0 Å². The van der Waals surface area contributed by atoms with Gasteiger partial charge in [-0.25, -0.2) is 9.78 Å². The molecule has 0 aromatic carbocycles. The smallest absolute Gasteiger partial charge is 0.416 e. The summed E-state index contributed by atoms with van der Waals surface area (Å²) in [5.74, 6) is 0.807. The lowest BCUT2D eigenvalue weighted by Gasteiger charge is -2.37. The molecule has 1 aromatic heterocycles. The zero-order valence-corrected chi connectivity index (χ0v) is 18.3. The maximum absolute atomic E-state index is 13.3. The van der Waals surface area contributed by atoms with Gasteiger partial charge in [-0.05, 0) is 72.9 Å². The molecule has 3 rings (SSSR count). The van der Waals surface area contributed by atoms with Gasteiger partial charge in [0.25, 0.3) is 0 Å². The molecule has 1 aliphatic heterocycles. The maximum Gasteiger partial charge on any atom is 0.416 e. The van der Waals surface area contributed by atoms with Crippen molar-refractivity contribution < 1.29 is 9.53 Å². The van der Waals surface area contributed by atoms with Gasteiger partial charge in [0, 0.05) is 29.9 Å². The predicted octanol–water partition coefficient (Wildman–Crippen LogP) is 5.70. The molecule has 2 fully saturated rings. The van der Waals surface area contributed by atoms with Gasteiger partial charge >= 0.3 is 6.09 Å². The molecule has 2 aliphatic rings. The van der Waals surface area contributed by atoms with Crippen LogP contribution in [-0.2, 0) is 4.74 Å². The Morgan fingerprint density at radius 1 is 1.18 bits per heavy atom. The summed E-state index contributed by atoms with van der Waals surface area (Å²) in [6.45, 7) is 11.4. The van der Waals surface area contributed by atoms with Crippen molar-refractivity contribution in [3.8, 4) is 0 Å². The Morgan fingerprint density at radius 3 is 2.54 bits per heavy atom. The Balaban J connectivity index is 1.99. The Hall–Kier alpha value is -1.62. The highest BCUT2D eigenvalue weighted by atomic mass is 16.6. The van der Waals surface area contributed by atoms with Crippen molar-refractivity contribution in [2.75, 3.05) is 11.4 Å². The second kappa shape index (κ2) is 8.81. The van der Waals surface area contributed by atoms with E-state index in [4.69, 9.17) is 9.72 Å². The standard InChI is InChI=1S/C23H37N3O2/c1-17(2)25-16-10-14-20(25)19-13-9-15-24-21(19)26(18-11-7-6-8-12-18)22(27)28-23(3,4)5/h9,13,15,17-18,20H,6-8,10-12,14,16H2,1-5H3. The van der Waals surface area contributed by atoms with Crippen LogP contribution in [0.4, 0.5) is 10.6 Å². The van der Waals surface area contributed by atoms with E-state index in [1.165, 1.54) is 18.4 Å². The first-order valence-electron chi connectivity index (χ1n) is 11.0. The van der Waals surface area contributed by atoms with Crippen LogP contribution in [0.15, 0.2) is 18.3 Å². The van der Waals surface area contributed by atoms with Gasteiger partial charge in [0.2, 0.25) is 0 Å². The van der Waals surface area contributed by atoms with Crippen LogP contribution in [0.25, 0.3) is 0 Å².